The van der Waals surface area contributed by atoms with Crippen LogP contribution in [0.5, 0.6) is 0 Å². The third kappa shape index (κ3) is 3.49. The first-order chi connectivity index (χ1) is 10.9. The van der Waals surface area contributed by atoms with Crippen molar-refractivity contribution in [3.63, 3.8) is 0 Å². The molecule has 0 saturated carbocycles. The number of hydrogen-bond acceptors (Lipinski definition) is 7. The molecule has 8 heteroatoms. The van der Waals surface area contributed by atoms with E-state index < -0.39 is 5.60 Å². The molecule has 1 amide bonds. The van der Waals surface area contributed by atoms with Gasteiger partial charge >= 0.3 is 0 Å². The summed E-state index contributed by atoms with van der Waals surface area (Å²) in [6.07, 6.45) is 1.39. The number of piperidine rings is 2. The van der Waals surface area contributed by atoms with E-state index in [1.807, 2.05) is 30.8 Å². The van der Waals surface area contributed by atoms with Crippen LogP contribution in [0.3, 0.4) is 0 Å². The van der Waals surface area contributed by atoms with Crippen molar-refractivity contribution in [2.24, 2.45) is 5.92 Å². The molecule has 1 N–H and O–H groups in total. The third-order valence-corrected chi connectivity index (χ3v) is 5.76. The Morgan fingerprint density at radius 1 is 1.35 bits per heavy atom. The highest BCUT2D eigenvalue weighted by molar-refractivity contribution is 7.15. The van der Waals surface area contributed by atoms with E-state index in [2.05, 4.69) is 15.1 Å². The monoisotopic (exact) mass is 339 g/mol. The Hall–Kier alpha value is -1.25. The largest absolute Gasteiger partial charge is 0.389 e. The number of aromatic nitrogens is 2. The van der Waals surface area contributed by atoms with Crippen molar-refractivity contribution in [3.8, 4) is 0 Å². The molecule has 2 aliphatic heterocycles. The summed E-state index contributed by atoms with van der Waals surface area (Å²) in [5.74, 6) is 0.209. The quantitative estimate of drug-likeness (QED) is 0.848. The maximum atomic E-state index is 12.3. The summed E-state index contributed by atoms with van der Waals surface area (Å²) >= 11 is 1.58. The molecule has 23 heavy (non-hydrogen) atoms. The molecule has 0 aliphatic carbocycles. The number of carbonyl (C=O) groups excluding carboxylic acids is 1. The Morgan fingerprint density at radius 2 is 2.09 bits per heavy atom. The number of aliphatic hydroxyl groups is 1. The van der Waals surface area contributed by atoms with Crippen LogP contribution in [0.25, 0.3) is 0 Å². The summed E-state index contributed by atoms with van der Waals surface area (Å²) in [7, 11) is 3.80. The van der Waals surface area contributed by atoms with Gasteiger partial charge in [0.2, 0.25) is 11.0 Å². The highest BCUT2D eigenvalue weighted by Gasteiger charge is 2.46. The number of nitrogens with zero attached hydrogens (tertiary/aromatic N) is 5. The van der Waals surface area contributed by atoms with Crippen LogP contribution >= 0.6 is 11.3 Å². The van der Waals surface area contributed by atoms with Gasteiger partial charge in [-0.25, -0.2) is 0 Å². The Bertz CT molecular complexity index is 578. The fraction of sp³-hybridized carbons (Fsp3) is 0.800. The molecule has 128 valence electrons. The lowest BCUT2D eigenvalue weighted by atomic mass is 9.76. The third-order valence-electron chi connectivity index (χ3n) is 4.86. The molecule has 0 bridgehead atoms. The first kappa shape index (κ1) is 16.6. The molecule has 2 aliphatic rings. The molecule has 2 saturated heterocycles. The molecule has 2 atom stereocenters. The first-order valence-electron chi connectivity index (χ1n) is 8.07. The highest BCUT2D eigenvalue weighted by Crippen LogP contribution is 2.37. The minimum atomic E-state index is -0.648. The highest BCUT2D eigenvalue weighted by atomic mass is 32.1. The number of hydrogen-bond donors (Lipinski definition) is 1. The zero-order chi connectivity index (χ0) is 16.6. The molecule has 7 nitrogen and oxygen atoms in total. The predicted octanol–water partition coefficient (Wildman–Crippen LogP) is 0.198. The number of fused-ring (bicyclic) bond motifs is 1. The molecular weight excluding hydrogens is 314 g/mol. The molecular formula is C15H25N5O2S. The van der Waals surface area contributed by atoms with Crippen molar-refractivity contribution in [2.75, 3.05) is 51.7 Å². The molecule has 0 radical (unpaired) electrons. The van der Waals surface area contributed by atoms with Crippen molar-refractivity contribution in [1.29, 1.82) is 0 Å². The summed E-state index contributed by atoms with van der Waals surface area (Å²) in [6.45, 7) is 5.17. The van der Waals surface area contributed by atoms with Crippen molar-refractivity contribution >= 4 is 22.4 Å². The Morgan fingerprint density at radius 3 is 2.74 bits per heavy atom. The van der Waals surface area contributed by atoms with Gasteiger partial charge in [-0.1, -0.05) is 11.3 Å². The van der Waals surface area contributed by atoms with Gasteiger partial charge in [-0.3, -0.25) is 4.79 Å². The lowest BCUT2D eigenvalue weighted by Gasteiger charge is -2.50. The van der Waals surface area contributed by atoms with Crippen molar-refractivity contribution in [3.05, 3.63) is 5.01 Å². The number of carbonyl (C=O) groups is 1. The second kappa shape index (κ2) is 6.33. The standard InChI is InChI=1S/C15H25N5O2S/c1-11-16-17-14(23-11)20-7-5-15(22)4-6-19(8-12(15)9-20)13(21)10-18(2)3/h12,22H,4-10H2,1-3H3/t12-,15-/m1/s1. The van der Waals surface area contributed by atoms with Crippen LogP contribution in [-0.4, -0.2) is 83.4 Å². The zero-order valence-corrected chi connectivity index (χ0v) is 14.8. The van der Waals surface area contributed by atoms with Crippen molar-refractivity contribution in [2.45, 2.75) is 25.4 Å². The number of anilines is 1. The fourth-order valence-corrected chi connectivity index (χ4v) is 4.21. The van der Waals surface area contributed by atoms with E-state index in [-0.39, 0.29) is 11.8 Å². The van der Waals surface area contributed by atoms with Gasteiger partial charge in [0.15, 0.2) is 0 Å². The maximum absolute atomic E-state index is 12.3. The van der Waals surface area contributed by atoms with E-state index >= 15 is 0 Å². The van der Waals surface area contributed by atoms with Gasteiger partial charge in [0.1, 0.15) is 5.01 Å². The average molecular weight is 339 g/mol. The Kier molecular flexibility index (Phi) is 4.57. The average Bonchev–Trinajstić information content (AvgIpc) is 2.91. The van der Waals surface area contributed by atoms with E-state index in [0.29, 0.717) is 26.1 Å². The molecule has 1 aromatic rings. The summed E-state index contributed by atoms with van der Waals surface area (Å²) < 4.78 is 0. The van der Waals surface area contributed by atoms with E-state index in [1.54, 1.807) is 11.3 Å². The minimum absolute atomic E-state index is 0.0697. The van der Waals surface area contributed by atoms with Gasteiger partial charge < -0.3 is 19.8 Å². The SMILES string of the molecule is Cc1nnc(N2CC[C@]3(O)CCN(C(=O)CN(C)C)C[C@@H]3C2)s1. The minimum Gasteiger partial charge on any atom is -0.389 e. The van der Waals surface area contributed by atoms with Crippen LogP contribution in [-0.2, 0) is 4.79 Å². The van der Waals surface area contributed by atoms with Crippen LogP contribution < -0.4 is 4.90 Å². The lowest BCUT2D eigenvalue weighted by Crippen LogP contribution is -2.61. The molecule has 0 spiro atoms. The number of rotatable bonds is 3. The summed E-state index contributed by atoms with van der Waals surface area (Å²) in [6, 6.07) is 0. The second-order valence-corrected chi connectivity index (χ2v) is 8.09. The second-order valence-electron chi connectivity index (χ2n) is 6.93. The molecule has 0 aromatic carbocycles. The van der Waals surface area contributed by atoms with E-state index in [1.165, 1.54) is 0 Å². The van der Waals surface area contributed by atoms with Crippen LogP contribution in [0.15, 0.2) is 0 Å². The fourth-order valence-electron chi connectivity index (χ4n) is 3.49. The van der Waals surface area contributed by atoms with Crippen LogP contribution in [0.4, 0.5) is 5.13 Å². The Balaban J connectivity index is 1.68. The van der Waals surface area contributed by atoms with Gasteiger partial charge in [-0.15, -0.1) is 10.2 Å². The summed E-state index contributed by atoms with van der Waals surface area (Å²) in [5, 5.41) is 21.1. The topological polar surface area (TPSA) is 72.8 Å². The number of likely N-dealkylation sites (N-methyl/N-ethyl adjacent to an activating group) is 1. The predicted molar refractivity (Wildman–Crippen MR) is 89.7 cm³/mol. The van der Waals surface area contributed by atoms with Crippen LogP contribution in [0.2, 0.25) is 0 Å². The number of likely N-dealkylation sites (tertiary alicyclic amines) is 1. The molecule has 3 heterocycles. The maximum Gasteiger partial charge on any atom is 0.236 e. The molecule has 3 rings (SSSR count). The smallest absolute Gasteiger partial charge is 0.236 e. The molecule has 2 fully saturated rings. The van der Waals surface area contributed by atoms with Gasteiger partial charge in [-0.2, -0.15) is 0 Å². The number of aryl methyl sites for hydroxylation is 1. The summed E-state index contributed by atoms with van der Waals surface area (Å²) in [4.78, 5) is 18.3. The molecule has 0 unspecified atom stereocenters. The van der Waals surface area contributed by atoms with Gasteiger partial charge in [0.25, 0.3) is 0 Å². The van der Waals surface area contributed by atoms with E-state index in [0.717, 1.165) is 29.6 Å². The number of amides is 1. The van der Waals surface area contributed by atoms with E-state index in [4.69, 9.17) is 0 Å². The van der Waals surface area contributed by atoms with Gasteiger partial charge in [-0.05, 0) is 33.9 Å². The lowest BCUT2D eigenvalue weighted by molar-refractivity contribution is -0.141. The van der Waals surface area contributed by atoms with Crippen molar-refractivity contribution < 1.29 is 9.90 Å². The van der Waals surface area contributed by atoms with Crippen LogP contribution in [0.1, 0.15) is 17.8 Å². The first-order valence-corrected chi connectivity index (χ1v) is 8.89. The van der Waals surface area contributed by atoms with Crippen LogP contribution in [0, 0.1) is 12.8 Å². The summed E-state index contributed by atoms with van der Waals surface area (Å²) in [5.41, 5.74) is -0.648. The van der Waals surface area contributed by atoms with Gasteiger partial charge in [0, 0.05) is 32.1 Å². The zero-order valence-electron chi connectivity index (χ0n) is 14.0. The Labute approximate surface area is 140 Å². The van der Waals surface area contributed by atoms with E-state index in [9.17, 15) is 9.90 Å². The molecule has 1 aromatic heterocycles. The van der Waals surface area contributed by atoms with Crippen molar-refractivity contribution in [1.82, 2.24) is 20.0 Å². The van der Waals surface area contributed by atoms with Gasteiger partial charge in [0.05, 0.1) is 12.1 Å². The normalized spacial score (nSPS) is 28.1.